The molecule has 0 aliphatic heterocycles. The van der Waals surface area contributed by atoms with E-state index in [1.807, 2.05) is 38.1 Å². The fourth-order valence-corrected chi connectivity index (χ4v) is 2.86. The highest BCUT2D eigenvalue weighted by Gasteiger charge is 2.27. The second-order valence-corrected chi connectivity index (χ2v) is 7.80. The number of carbonyl (C=O) groups is 2. The van der Waals surface area contributed by atoms with E-state index in [1.165, 1.54) is 29.2 Å². The first kappa shape index (κ1) is 22.9. The summed E-state index contributed by atoms with van der Waals surface area (Å²) in [5.74, 6) is -0.536. The molecule has 0 radical (unpaired) electrons. The highest BCUT2D eigenvalue weighted by molar-refractivity contribution is 9.10. The van der Waals surface area contributed by atoms with Gasteiger partial charge in [0, 0.05) is 17.1 Å². The van der Waals surface area contributed by atoms with Gasteiger partial charge in [0.15, 0.2) is 6.61 Å². The molecule has 5 nitrogen and oxygen atoms in total. The van der Waals surface area contributed by atoms with Gasteiger partial charge in [-0.05, 0) is 62.2 Å². The SMILES string of the molecule is CC[C@@H](C)NC(=O)[C@H](C)N(Cc1ccc(Br)cc1)C(=O)COc1ccc(F)cc1. The van der Waals surface area contributed by atoms with Crippen LogP contribution in [0.4, 0.5) is 4.39 Å². The summed E-state index contributed by atoms with van der Waals surface area (Å²) in [4.78, 5) is 27.0. The first-order valence-corrected chi connectivity index (χ1v) is 10.3. The monoisotopic (exact) mass is 464 g/mol. The maximum Gasteiger partial charge on any atom is 0.261 e. The third-order valence-electron chi connectivity index (χ3n) is 4.61. The molecule has 156 valence electrons. The smallest absolute Gasteiger partial charge is 0.261 e. The van der Waals surface area contributed by atoms with E-state index >= 15 is 0 Å². The largest absolute Gasteiger partial charge is 0.484 e. The molecule has 0 aliphatic rings. The van der Waals surface area contributed by atoms with Crippen molar-refractivity contribution in [2.75, 3.05) is 6.61 Å². The van der Waals surface area contributed by atoms with Crippen LogP contribution >= 0.6 is 15.9 Å². The van der Waals surface area contributed by atoms with Crippen molar-refractivity contribution < 1.29 is 18.7 Å². The average molecular weight is 465 g/mol. The highest BCUT2D eigenvalue weighted by Crippen LogP contribution is 2.16. The number of amides is 2. The predicted molar refractivity (Wildman–Crippen MR) is 114 cm³/mol. The standard InChI is InChI=1S/C22H26BrFN2O3/c1-4-15(2)25-22(28)16(3)26(13-17-5-7-18(23)8-6-17)21(27)14-29-20-11-9-19(24)10-12-20/h5-12,15-16H,4,13-14H2,1-3H3,(H,25,28)/t15-,16+/m1/s1. The van der Waals surface area contributed by atoms with E-state index in [0.29, 0.717) is 5.75 Å². The molecule has 2 aromatic rings. The maximum atomic E-state index is 13.0. The van der Waals surface area contributed by atoms with E-state index in [2.05, 4.69) is 21.2 Å². The number of hydrogen-bond acceptors (Lipinski definition) is 3. The summed E-state index contributed by atoms with van der Waals surface area (Å²) in [6, 6.07) is 12.4. The Morgan fingerprint density at radius 1 is 1.10 bits per heavy atom. The molecule has 0 unspecified atom stereocenters. The molecule has 0 saturated carbocycles. The second kappa shape index (κ2) is 11.0. The van der Waals surface area contributed by atoms with Crippen LogP contribution in [0.1, 0.15) is 32.8 Å². The first-order valence-electron chi connectivity index (χ1n) is 9.52. The lowest BCUT2D eigenvalue weighted by molar-refractivity contribution is -0.142. The maximum absolute atomic E-state index is 13.0. The molecule has 0 bridgehead atoms. The van der Waals surface area contributed by atoms with E-state index in [0.717, 1.165) is 16.5 Å². The Labute approximate surface area is 179 Å². The molecule has 0 spiro atoms. The number of ether oxygens (including phenoxy) is 1. The highest BCUT2D eigenvalue weighted by atomic mass is 79.9. The summed E-state index contributed by atoms with van der Waals surface area (Å²) in [6.07, 6.45) is 0.798. The molecule has 2 aromatic carbocycles. The number of hydrogen-bond donors (Lipinski definition) is 1. The lowest BCUT2D eigenvalue weighted by Gasteiger charge is -2.29. The van der Waals surface area contributed by atoms with Crippen molar-refractivity contribution in [3.8, 4) is 5.75 Å². The van der Waals surface area contributed by atoms with Crippen LogP contribution in [-0.4, -0.2) is 35.4 Å². The molecule has 29 heavy (non-hydrogen) atoms. The Morgan fingerprint density at radius 3 is 2.31 bits per heavy atom. The normalized spacial score (nSPS) is 12.7. The van der Waals surface area contributed by atoms with Gasteiger partial charge in [-0.25, -0.2) is 4.39 Å². The zero-order valence-corrected chi connectivity index (χ0v) is 18.4. The number of nitrogens with one attached hydrogen (secondary N) is 1. The van der Waals surface area contributed by atoms with Gasteiger partial charge in [-0.2, -0.15) is 0 Å². The summed E-state index contributed by atoms with van der Waals surface area (Å²) in [5, 5.41) is 2.92. The van der Waals surface area contributed by atoms with Gasteiger partial charge in [0.1, 0.15) is 17.6 Å². The van der Waals surface area contributed by atoms with Crippen LogP contribution < -0.4 is 10.1 Å². The summed E-state index contributed by atoms with van der Waals surface area (Å²) in [7, 11) is 0. The van der Waals surface area contributed by atoms with Gasteiger partial charge in [0.05, 0.1) is 0 Å². The van der Waals surface area contributed by atoms with E-state index in [9.17, 15) is 14.0 Å². The number of nitrogens with zero attached hydrogens (tertiary/aromatic N) is 1. The summed E-state index contributed by atoms with van der Waals surface area (Å²) < 4.78 is 19.5. The lowest BCUT2D eigenvalue weighted by Crippen LogP contribution is -2.50. The average Bonchev–Trinajstić information content (AvgIpc) is 2.72. The number of rotatable bonds is 9. The second-order valence-electron chi connectivity index (χ2n) is 6.88. The number of carbonyl (C=O) groups excluding carboxylic acids is 2. The van der Waals surface area contributed by atoms with Crippen LogP contribution in [0.3, 0.4) is 0 Å². The van der Waals surface area contributed by atoms with E-state index in [4.69, 9.17) is 4.74 Å². The third-order valence-corrected chi connectivity index (χ3v) is 5.14. The molecule has 0 aromatic heterocycles. The van der Waals surface area contributed by atoms with Crippen LogP contribution in [0, 0.1) is 5.82 Å². The van der Waals surface area contributed by atoms with Crippen molar-refractivity contribution in [1.29, 1.82) is 0 Å². The minimum Gasteiger partial charge on any atom is -0.484 e. The number of benzene rings is 2. The van der Waals surface area contributed by atoms with Crippen LogP contribution in [0.5, 0.6) is 5.75 Å². The minimum atomic E-state index is -0.669. The van der Waals surface area contributed by atoms with Gasteiger partial charge in [-0.15, -0.1) is 0 Å². The quantitative estimate of drug-likeness (QED) is 0.601. The van der Waals surface area contributed by atoms with Crippen molar-refractivity contribution in [2.24, 2.45) is 0 Å². The topological polar surface area (TPSA) is 58.6 Å². The van der Waals surface area contributed by atoms with Crippen molar-refractivity contribution in [1.82, 2.24) is 10.2 Å². The Morgan fingerprint density at radius 2 is 1.72 bits per heavy atom. The van der Waals surface area contributed by atoms with Gasteiger partial charge in [-0.1, -0.05) is 35.0 Å². The van der Waals surface area contributed by atoms with Crippen LogP contribution in [-0.2, 0) is 16.1 Å². The molecule has 2 amide bonds. The molecular formula is C22H26BrFN2O3. The Balaban J connectivity index is 2.13. The molecule has 2 atom stereocenters. The fourth-order valence-electron chi connectivity index (χ4n) is 2.59. The molecule has 0 aliphatic carbocycles. The van der Waals surface area contributed by atoms with Crippen LogP contribution in [0.2, 0.25) is 0 Å². The first-order chi connectivity index (χ1) is 13.8. The Hall–Kier alpha value is -2.41. The molecular weight excluding hydrogens is 439 g/mol. The van der Waals surface area contributed by atoms with Gasteiger partial charge >= 0.3 is 0 Å². The van der Waals surface area contributed by atoms with Gasteiger partial charge in [-0.3, -0.25) is 9.59 Å². The third kappa shape index (κ3) is 7.16. The zero-order valence-electron chi connectivity index (χ0n) is 16.8. The summed E-state index contributed by atoms with van der Waals surface area (Å²) >= 11 is 3.39. The van der Waals surface area contributed by atoms with Gasteiger partial charge in [0.25, 0.3) is 5.91 Å². The van der Waals surface area contributed by atoms with Gasteiger partial charge in [0.2, 0.25) is 5.91 Å². The zero-order chi connectivity index (χ0) is 21.4. The summed E-state index contributed by atoms with van der Waals surface area (Å²) in [6.45, 7) is 5.63. The van der Waals surface area contributed by atoms with Crippen molar-refractivity contribution in [3.05, 3.63) is 64.4 Å². The molecule has 0 fully saturated rings. The fraction of sp³-hybridized carbons (Fsp3) is 0.364. The van der Waals surface area contributed by atoms with E-state index < -0.39 is 6.04 Å². The molecule has 0 heterocycles. The summed E-state index contributed by atoms with van der Waals surface area (Å²) in [5.41, 5.74) is 0.895. The van der Waals surface area contributed by atoms with Crippen molar-refractivity contribution >= 4 is 27.7 Å². The van der Waals surface area contributed by atoms with Crippen molar-refractivity contribution in [2.45, 2.75) is 45.8 Å². The van der Waals surface area contributed by atoms with E-state index in [-0.39, 0.29) is 36.8 Å². The Bertz CT molecular complexity index is 812. The van der Waals surface area contributed by atoms with Crippen LogP contribution in [0.15, 0.2) is 53.0 Å². The molecule has 2 rings (SSSR count). The van der Waals surface area contributed by atoms with E-state index in [1.54, 1.807) is 6.92 Å². The molecule has 1 N–H and O–H groups in total. The van der Waals surface area contributed by atoms with Crippen molar-refractivity contribution in [3.63, 3.8) is 0 Å². The Kier molecular flexibility index (Phi) is 8.64. The number of halogens is 2. The van der Waals surface area contributed by atoms with Crippen LogP contribution in [0.25, 0.3) is 0 Å². The molecule has 7 heteroatoms. The predicted octanol–water partition coefficient (Wildman–Crippen LogP) is 4.30. The van der Waals surface area contributed by atoms with Gasteiger partial charge < -0.3 is 15.0 Å². The minimum absolute atomic E-state index is 0.0186. The lowest BCUT2D eigenvalue weighted by atomic mass is 10.1. The molecule has 0 saturated heterocycles.